The van der Waals surface area contributed by atoms with E-state index in [9.17, 15) is 0 Å². The summed E-state index contributed by atoms with van der Waals surface area (Å²) in [5.74, 6) is 0.745. The summed E-state index contributed by atoms with van der Waals surface area (Å²) in [4.78, 5) is 11.8. The van der Waals surface area contributed by atoms with E-state index >= 15 is 0 Å². The first-order valence-corrected chi connectivity index (χ1v) is 10.1. The second kappa shape index (κ2) is 6.67. The number of aromatic nitrogens is 5. The maximum atomic E-state index is 4.92. The molecule has 0 bridgehead atoms. The second-order valence-electron chi connectivity index (χ2n) is 7.90. The zero-order valence-electron chi connectivity index (χ0n) is 16.6. The van der Waals surface area contributed by atoms with Crippen molar-refractivity contribution in [2.75, 3.05) is 18.9 Å². The molecule has 0 spiro atoms. The lowest BCUT2D eigenvalue weighted by Gasteiger charge is -2.25. The third-order valence-corrected chi connectivity index (χ3v) is 5.78. The van der Waals surface area contributed by atoms with Crippen molar-refractivity contribution in [3.05, 3.63) is 72.3 Å². The van der Waals surface area contributed by atoms with Crippen molar-refractivity contribution in [3.63, 3.8) is 0 Å². The van der Waals surface area contributed by atoms with Gasteiger partial charge in [0.25, 0.3) is 0 Å². The summed E-state index contributed by atoms with van der Waals surface area (Å²) in [6, 6.07) is 12.8. The summed E-state index contributed by atoms with van der Waals surface area (Å²) >= 11 is 0. The Morgan fingerprint density at radius 1 is 1.10 bits per heavy atom. The van der Waals surface area contributed by atoms with Gasteiger partial charge < -0.3 is 14.6 Å². The smallest absolute Gasteiger partial charge is 0.180 e. The molecule has 148 valence electrons. The van der Waals surface area contributed by atoms with Gasteiger partial charge in [0.15, 0.2) is 11.5 Å². The van der Waals surface area contributed by atoms with Crippen molar-refractivity contribution < 1.29 is 0 Å². The van der Waals surface area contributed by atoms with Crippen LogP contribution in [0.25, 0.3) is 27.8 Å². The minimum Gasteiger partial charge on any atom is -0.337 e. The number of fused-ring (bicyclic) bond motifs is 3. The van der Waals surface area contributed by atoms with E-state index in [1.807, 2.05) is 23.0 Å². The Labute approximate surface area is 173 Å². The molecule has 30 heavy (non-hydrogen) atoms. The Kier molecular flexibility index (Phi) is 3.82. The van der Waals surface area contributed by atoms with E-state index in [0.717, 1.165) is 58.8 Å². The minimum absolute atomic E-state index is 0.745. The Morgan fingerprint density at radius 2 is 2.07 bits per heavy atom. The molecular formula is C23H21N7. The van der Waals surface area contributed by atoms with Crippen LogP contribution in [0.4, 0.5) is 11.5 Å². The summed E-state index contributed by atoms with van der Waals surface area (Å²) in [5.41, 5.74) is 7.54. The summed E-state index contributed by atoms with van der Waals surface area (Å²) in [6.45, 7) is 2.09. The van der Waals surface area contributed by atoms with Gasteiger partial charge in [0.05, 0.1) is 17.4 Å². The molecule has 7 heteroatoms. The summed E-state index contributed by atoms with van der Waals surface area (Å²) < 4.78 is 2.01. The largest absolute Gasteiger partial charge is 0.337 e. The third kappa shape index (κ3) is 2.91. The lowest BCUT2D eigenvalue weighted by molar-refractivity contribution is 0.313. The van der Waals surface area contributed by atoms with Crippen molar-refractivity contribution in [2.24, 2.45) is 0 Å². The van der Waals surface area contributed by atoms with Crippen molar-refractivity contribution in [1.82, 2.24) is 29.5 Å². The van der Waals surface area contributed by atoms with Crippen molar-refractivity contribution >= 4 is 28.1 Å². The number of hydrogen-bond acceptors (Lipinski definition) is 5. The molecule has 6 rings (SSSR count). The fourth-order valence-corrected chi connectivity index (χ4v) is 4.16. The minimum atomic E-state index is 0.745. The van der Waals surface area contributed by atoms with Crippen LogP contribution >= 0.6 is 0 Å². The predicted octanol–water partition coefficient (Wildman–Crippen LogP) is 4.00. The quantitative estimate of drug-likeness (QED) is 0.483. The zero-order chi connectivity index (χ0) is 20.1. The van der Waals surface area contributed by atoms with Gasteiger partial charge in [-0.05, 0) is 42.8 Å². The summed E-state index contributed by atoms with van der Waals surface area (Å²) in [5, 5.41) is 11.7. The number of benzene rings is 2. The number of likely N-dealkylation sites (N-methyl/N-ethyl adjacent to an activating group) is 1. The van der Waals surface area contributed by atoms with Crippen LogP contribution in [0.15, 0.2) is 61.2 Å². The van der Waals surface area contributed by atoms with E-state index in [2.05, 4.69) is 68.8 Å². The molecule has 7 nitrogen and oxygen atoms in total. The van der Waals surface area contributed by atoms with Crippen LogP contribution in [0.2, 0.25) is 0 Å². The molecule has 3 aromatic heterocycles. The SMILES string of the molecule is CN1CCc2cc(Nc3nc(-c4ccc5cn[nH]c5c4)cn4ccnc34)ccc2C1. The zero-order valence-corrected chi connectivity index (χ0v) is 16.6. The first-order valence-electron chi connectivity index (χ1n) is 10.1. The monoisotopic (exact) mass is 395 g/mol. The average molecular weight is 395 g/mol. The van der Waals surface area contributed by atoms with E-state index in [-0.39, 0.29) is 0 Å². The van der Waals surface area contributed by atoms with E-state index in [1.165, 1.54) is 11.1 Å². The number of rotatable bonds is 3. The van der Waals surface area contributed by atoms with Crippen LogP contribution in [-0.2, 0) is 13.0 Å². The van der Waals surface area contributed by atoms with Crippen LogP contribution in [0.3, 0.4) is 0 Å². The molecule has 2 aromatic carbocycles. The molecule has 4 heterocycles. The number of nitrogens with one attached hydrogen (secondary N) is 2. The molecule has 0 saturated carbocycles. The molecule has 0 fully saturated rings. The highest BCUT2D eigenvalue weighted by molar-refractivity contribution is 5.84. The molecule has 0 saturated heterocycles. The standard InChI is InChI=1S/C23H21N7/c1-29-8-6-15-10-19(5-4-18(15)13-29)26-22-23-24-7-9-30(23)14-21(27-22)16-2-3-17-12-25-28-20(17)11-16/h2-5,7,9-12,14H,6,8,13H2,1H3,(H,25,28)(H,26,27). The van der Waals surface area contributed by atoms with Crippen LogP contribution < -0.4 is 5.32 Å². The lowest BCUT2D eigenvalue weighted by Crippen LogP contribution is -2.26. The Balaban J connectivity index is 1.41. The highest BCUT2D eigenvalue weighted by Gasteiger charge is 2.15. The Hall–Kier alpha value is -3.71. The normalized spacial score (nSPS) is 14.3. The van der Waals surface area contributed by atoms with Gasteiger partial charge in [-0.2, -0.15) is 5.10 Å². The molecule has 0 atom stereocenters. The lowest BCUT2D eigenvalue weighted by atomic mass is 9.99. The first-order chi connectivity index (χ1) is 14.7. The number of aromatic amines is 1. The third-order valence-electron chi connectivity index (χ3n) is 5.78. The number of nitrogens with zero attached hydrogens (tertiary/aromatic N) is 5. The maximum Gasteiger partial charge on any atom is 0.180 e. The van der Waals surface area contributed by atoms with E-state index in [1.54, 1.807) is 6.20 Å². The molecule has 1 aliphatic heterocycles. The second-order valence-corrected chi connectivity index (χ2v) is 7.90. The average Bonchev–Trinajstić information content (AvgIpc) is 3.42. The molecular weight excluding hydrogens is 374 g/mol. The number of H-pyrrole nitrogens is 1. The van der Waals surface area contributed by atoms with Crippen LogP contribution in [0, 0.1) is 0 Å². The first kappa shape index (κ1) is 17.2. The molecule has 5 aromatic rings. The Bertz CT molecular complexity index is 1380. The number of imidazole rings is 1. The van der Waals surface area contributed by atoms with Gasteiger partial charge in [0.2, 0.25) is 0 Å². The van der Waals surface area contributed by atoms with E-state index in [4.69, 9.17) is 4.98 Å². The van der Waals surface area contributed by atoms with Gasteiger partial charge in [-0.1, -0.05) is 18.2 Å². The van der Waals surface area contributed by atoms with Gasteiger partial charge in [0, 0.05) is 48.3 Å². The van der Waals surface area contributed by atoms with Gasteiger partial charge >= 0.3 is 0 Å². The molecule has 0 amide bonds. The maximum absolute atomic E-state index is 4.92. The van der Waals surface area contributed by atoms with Crippen molar-refractivity contribution in [2.45, 2.75) is 13.0 Å². The number of hydrogen-bond donors (Lipinski definition) is 2. The van der Waals surface area contributed by atoms with Gasteiger partial charge in [-0.3, -0.25) is 5.10 Å². The van der Waals surface area contributed by atoms with Gasteiger partial charge in [-0.25, -0.2) is 9.97 Å². The molecule has 1 aliphatic rings. The molecule has 0 aliphatic carbocycles. The van der Waals surface area contributed by atoms with Gasteiger partial charge in [0.1, 0.15) is 0 Å². The van der Waals surface area contributed by atoms with Gasteiger partial charge in [-0.15, -0.1) is 0 Å². The Morgan fingerprint density at radius 3 is 3.03 bits per heavy atom. The van der Waals surface area contributed by atoms with Crippen LogP contribution in [0.1, 0.15) is 11.1 Å². The van der Waals surface area contributed by atoms with Crippen LogP contribution in [0.5, 0.6) is 0 Å². The van der Waals surface area contributed by atoms with Crippen LogP contribution in [-0.4, -0.2) is 43.1 Å². The highest BCUT2D eigenvalue weighted by atomic mass is 15.1. The summed E-state index contributed by atoms with van der Waals surface area (Å²) in [6.07, 6.45) is 8.65. The fourth-order valence-electron chi connectivity index (χ4n) is 4.16. The summed E-state index contributed by atoms with van der Waals surface area (Å²) in [7, 11) is 2.17. The molecule has 0 unspecified atom stereocenters. The highest BCUT2D eigenvalue weighted by Crippen LogP contribution is 2.28. The molecule has 2 N–H and O–H groups in total. The van der Waals surface area contributed by atoms with Crippen molar-refractivity contribution in [3.8, 4) is 11.3 Å². The topological polar surface area (TPSA) is 74.1 Å². The fraction of sp³-hybridized carbons (Fsp3) is 0.174. The van der Waals surface area contributed by atoms with Crippen molar-refractivity contribution in [1.29, 1.82) is 0 Å². The van der Waals surface area contributed by atoms with E-state index in [0.29, 0.717) is 0 Å². The number of anilines is 2. The predicted molar refractivity (Wildman–Crippen MR) is 118 cm³/mol. The molecule has 0 radical (unpaired) electrons. The van der Waals surface area contributed by atoms with E-state index < -0.39 is 0 Å².